The van der Waals surface area contributed by atoms with Crippen LogP contribution in [-0.4, -0.2) is 16.1 Å². The highest BCUT2D eigenvalue weighted by Crippen LogP contribution is 2.26. The Balaban J connectivity index is 2.04. The second-order valence-electron chi connectivity index (χ2n) is 4.99. The monoisotopic (exact) mass is 334 g/mol. The van der Waals surface area contributed by atoms with Gasteiger partial charge in [-0.25, -0.2) is 0 Å². The molecule has 2 aromatic carbocycles. The Bertz CT molecular complexity index is 735. The van der Waals surface area contributed by atoms with Crippen LogP contribution in [0.15, 0.2) is 47.4 Å². The molecule has 0 aliphatic rings. The Hall–Kier alpha value is -2.41. The van der Waals surface area contributed by atoms with Gasteiger partial charge in [0.05, 0.1) is 10.2 Å². The fourth-order valence-corrected chi connectivity index (χ4v) is 2.72. The molecule has 5 nitrogen and oxygen atoms in total. The molecule has 120 valence electrons. The minimum atomic E-state index is -0.935. The fourth-order valence-electron chi connectivity index (χ4n) is 1.85. The lowest BCUT2D eigenvalue weighted by Gasteiger charge is -2.12. The van der Waals surface area contributed by atoms with Crippen molar-refractivity contribution in [3.8, 4) is 0 Å². The number of nitro groups is 1. The summed E-state index contributed by atoms with van der Waals surface area (Å²) in [6.45, 7) is 3.71. The summed E-state index contributed by atoms with van der Waals surface area (Å²) in [7, 11) is 0. The topological polar surface area (TPSA) is 72.2 Å². The molecule has 0 heterocycles. The molecule has 0 radical (unpaired) electrons. The second-order valence-corrected chi connectivity index (χ2v) is 6.40. The van der Waals surface area contributed by atoms with Crippen LogP contribution < -0.4 is 5.32 Å². The number of halogens is 1. The smallest absolute Gasteiger partial charge is 0.306 e. The van der Waals surface area contributed by atoms with E-state index in [4.69, 9.17) is 0 Å². The van der Waals surface area contributed by atoms with Crippen molar-refractivity contribution in [1.82, 2.24) is 0 Å². The van der Waals surface area contributed by atoms with Crippen molar-refractivity contribution in [1.29, 1.82) is 0 Å². The predicted octanol–water partition coefficient (Wildman–Crippen LogP) is 4.16. The highest BCUT2D eigenvalue weighted by Gasteiger charge is 2.18. The number of nitrogens with zero attached hydrogens (tertiary/aromatic N) is 1. The Morgan fingerprint density at radius 2 is 1.91 bits per heavy atom. The number of nitro benzene ring substituents is 1. The summed E-state index contributed by atoms with van der Waals surface area (Å²) in [5.41, 5.74) is 0.658. The number of thioether (sulfide) groups is 1. The van der Waals surface area contributed by atoms with Gasteiger partial charge in [-0.1, -0.05) is 17.7 Å². The first-order chi connectivity index (χ1) is 10.9. The van der Waals surface area contributed by atoms with Gasteiger partial charge < -0.3 is 5.32 Å². The van der Waals surface area contributed by atoms with E-state index in [2.05, 4.69) is 5.32 Å². The largest absolute Gasteiger partial charge is 0.325 e. The van der Waals surface area contributed by atoms with Crippen molar-refractivity contribution < 1.29 is 14.1 Å². The van der Waals surface area contributed by atoms with Crippen molar-refractivity contribution >= 4 is 29.0 Å². The Labute approximate surface area is 137 Å². The molecule has 0 fully saturated rings. The maximum Gasteiger partial charge on any atom is 0.306 e. The van der Waals surface area contributed by atoms with Crippen molar-refractivity contribution in [3.63, 3.8) is 0 Å². The summed E-state index contributed by atoms with van der Waals surface area (Å²) in [6, 6.07) is 11.0. The van der Waals surface area contributed by atoms with Gasteiger partial charge in [0, 0.05) is 16.6 Å². The number of carbonyl (C=O) groups excluding carboxylic acids is 1. The van der Waals surface area contributed by atoms with Crippen LogP contribution in [0, 0.1) is 22.9 Å². The molecule has 1 N–H and O–H groups in total. The van der Waals surface area contributed by atoms with Crippen LogP contribution in [0.25, 0.3) is 0 Å². The Morgan fingerprint density at radius 1 is 1.26 bits per heavy atom. The number of benzene rings is 2. The first kappa shape index (κ1) is 17.0. The minimum absolute atomic E-state index is 0.194. The van der Waals surface area contributed by atoms with Crippen molar-refractivity contribution in [2.75, 3.05) is 5.32 Å². The molecule has 0 saturated heterocycles. The Morgan fingerprint density at radius 3 is 2.52 bits per heavy atom. The summed E-state index contributed by atoms with van der Waals surface area (Å²) in [6.07, 6.45) is 0. The zero-order chi connectivity index (χ0) is 17.0. The molecule has 23 heavy (non-hydrogen) atoms. The van der Waals surface area contributed by atoms with E-state index in [1.807, 2.05) is 31.2 Å². The van der Waals surface area contributed by atoms with Crippen molar-refractivity contribution in [2.24, 2.45) is 0 Å². The number of nitrogens with one attached hydrogen (secondary N) is 1. The number of carbonyl (C=O) groups is 1. The maximum absolute atomic E-state index is 13.3. The van der Waals surface area contributed by atoms with Crippen LogP contribution in [0.4, 0.5) is 15.8 Å². The van der Waals surface area contributed by atoms with Crippen molar-refractivity contribution in [3.05, 3.63) is 64.0 Å². The number of amides is 1. The van der Waals surface area contributed by atoms with Crippen LogP contribution >= 0.6 is 11.8 Å². The van der Waals surface area contributed by atoms with Crippen LogP contribution in [0.3, 0.4) is 0 Å². The normalized spacial score (nSPS) is 11.8. The third-order valence-electron chi connectivity index (χ3n) is 3.11. The number of rotatable bonds is 5. The lowest BCUT2D eigenvalue weighted by Crippen LogP contribution is -2.22. The van der Waals surface area contributed by atoms with E-state index < -0.39 is 21.7 Å². The molecule has 2 rings (SSSR count). The molecule has 0 spiro atoms. The molecular formula is C16H15FN2O3S. The second kappa shape index (κ2) is 7.23. The number of hydrogen-bond donors (Lipinski definition) is 1. The van der Waals surface area contributed by atoms with E-state index >= 15 is 0 Å². The van der Waals surface area contributed by atoms with Crippen molar-refractivity contribution in [2.45, 2.75) is 24.0 Å². The number of hydrogen-bond acceptors (Lipinski definition) is 4. The summed E-state index contributed by atoms with van der Waals surface area (Å²) in [5, 5.41) is 12.9. The molecule has 7 heteroatoms. The van der Waals surface area contributed by atoms with E-state index in [0.717, 1.165) is 22.6 Å². The molecule has 2 aromatic rings. The average Bonchev–Trinajstić information content (AvgIpc) is 2.51. The quantitative estimate of drug-likeness (QED) is 0.506. The standard InChI is InChI=1S/C16H15FN2O3S/c1-10-3-6-13(7-4-10)23-11(2)16(20)18-12-5-8-14(17)15(9-12)19(21)22/h3-9,11H,1-2H3,(H,18,20)/t11-/m1/s1. The summed E-state index contributed by atoms with van der Waals surface area (Å²) < 4.78 is 13.3. The van der Waals surface area contributed by atoms with E-state index in [9.17, 15) is 19.3 Å². The lowest BCUT2D eigenvalue weighted by atomic mass is 10.2. The average molecular weight is 334 g/mol. The highest BCUT2D eigenvalue weighted by atomic mass is 32.2. The van der Waals surface area contributed by atoms with Gasteiger partial charge in [-0.15, -0.1) is 11.8 Å². The third-order valence-corrected chi connectivity index (χ3v) is 4.23. The van der Waals surface area contributed by atoms with E-state index in [1.165, 1.54) is 17.8 Å². The van der Waals surface area contributed by atoms with E-state index in [1.54, 1.807) is 6.92 Å². The Kier molecular flexibility index (Phi) is 5.33. The van der Waals surface area contributed by atoms with Gasteiger partial charge in [0.1, 0.15) is 0 Å². The first-order valence-corrected chi connectivity index (χ1v) is 7.73. The summed E-state index contributed by atoms with van der Waals surface area (Å²) in [5.74, 6) is -1.24. The van der Waals surface area contributed by atoms with Gasteiger partial charge in [0.15, 0.2) is 0 Å². The summed E-state index contributed by atoms with van der Waals surface area (Å²) in [4.78, 5) is 23.0. The molecule has 0 aliphatic heterocycles. The van der Waals surface area contributed by atoms with E-state index in [0.29, 0.717) is 0 Å². The van der Waals surface area contributed by atoms with Gasteiger partial charge >= 0.3 is 5.69 Å². The van der Waals surface area contributed by atoms with Gasteiger partial charge in [-0.2, -0.15) is 4.39 Å². The van der Waals surface area contributed by atoms with Gasteiger partial charge in [0.2, 0.25) is 11.7 Å². The van der Waals surface area contributed by atoms with Crippen LogP contribution in [0.1, 0.15) is 12.5 Å². The molecule has 0 saturated carbocycles. The number of anilines is 1. The number of aryl methyl sites for hydroxylation is 1. The molecule has 1 atom stereocenters. The van der Waals surface area contributed by atoms with Crippen LogP contribution in [0.2, 0.25) is 0 Å². The molecule has 0 aromatic heterocycles. The predicted molar refractivity (Wildman–Crippen MR) is 88.2 cm³/mol. The lowest BCUT2D eigenvalue weighted by molar-refractivity contribution is -0.387. The molecule has 0 aliphatic carbocycles. The first-order valence-electron chi connectivity index (χ1n) is 6.85. The minimum Gasteiger partial charge on any atom is -0.325 e. The molecule has 0 unspecified atom stereocenters. The van der Waals surface area contributed by atoms with Crippen LogP contribution in [0.5, 0.6) is 0 Å². The van der Waals surface area contributed by atoms with E-state index in [-0.39, 0.29) is 11.6 Å². The van der Waals surface area contributed by atoms with Gasteiger partial charge in [-0.3, -0.25) is 14.9 Å². The molecular weight excluding hydrogens is 319 g/mol. The van der Waals surface area contributed by atoms with Gasteiger partial charge in [-0.05, 0) is 38.1 Å². The fraction of sp³-hybridized carbons (Fsp3) is 0.188. The maximum atomic E-state index is 13.3. The summed E-state index contributed by atoms with van der Waals surface area (Å²) >= 11 is 1.37. The zero-order valence-electron chi connectivity index (χ0n) is 12.6. The SMILES string of the molecule is Cc1ccc(S[C@H](C)C(=O)Nc2ccc(F)c([N+](=O)[O-])c2)cc1. The third kappa shape index (κ3) is 4.53. The van der Waals surface area contributed by atoms with Crippen LogP contribution in [-0.2, 0) is 4.79 Å². The molecule has 1 amide bonds. The van der Waals surface area contributed by atoms with Gasteiger partial charge in [0.25, 0.3) is 0 Å². The highest BCUT2D eigenvalue weighted by molar-refractivity contribution is 8.00. The zero-order valence-corrected chi connectivity index (χ0v) is 13.4. The molecule has 0 bridgehead atoms.